The molecule has 0 amide bonds. The molecular weight excluding hydrogens is 405 g/mol. The van der Waals surface area contributed by atoms with E-state index in [9.17, 15) is 9.50 Å². The lowest BCUT2D eigenvalue weighted by molar-refractivity contribution is 0.198. The second-order valence-electron chi connectivity index (χ2n) is 6.70. The van der Waals surface area contributed by atoms with Crippen molar-refractivity contribution in [2.24, 2.45) is 0 Å². The number of rotatable bonds is 5. The molecular formula is C19H19F2N2O3PS. The monoisotopic (exact) mass is 424 g/mol. The van der Waals surface area contributed by atoms with Gasteiger partial charge < -0.3 is 24.8 Å². The summed E-state index contributed by atoms with van der Waals surface area (Å²) in [6.07, 6.45) is 1.90. The second kappa shape index (κ2) is 7.97. The van der Waals surface area contributed by atoms with Gasteiger partial charge in [-0.3, -0.25) is 0 Å². The third-order valence-electron chi connectivity index (χ3n) is 4.84. The maximum atomic E-state index is 15.3. The highest BCUT2D eigenvalue weighted by atomic mass is 32.2. The number of β-amino-alcohol motifs (C(OH)–C–C–N with tert-alkyl or cyclic N) is 1. The molecule has 1 aromatic heterocycles. The van der Waals surface area contributed by atoms with Crippen LogP contribution in [0.25, 0.3) is 22.0 Å². The highest BCUT2D eigenvalue weighted by molar-refractivity contribution is 8.04. The smallest absolute Gasteiger partial charge is 0.175 e. The molecule has 148 valence electrons. The van der Waals surface area contributed by atoms with Crippen LogP contribution >= 0.6 is 20.1 Å². The largest absolute Gasteiger partial charge is 0.391 e. The van der Waals surface area contributed by atoms with Gasteiger partial charge in [-0.2, -0.15) is 0 Å². The Morgan fingerprint density at radius 2 is 1.96 bits per heavy atom. The zero-order valence-corrected chi connectivity index (χ0v) is 16.5. The summed E-state index contributed by atoms with van der Waals surface area (Å²) in [5.74, 6) is -1.34. The van der Waals surface area contributed by atoms with Gasteiger partial charge in [-0.1, -0.05) is 12.1 Å². The van der Waals surface area contributed by atoms with Crippen molar-refractivity contribution in [3.8, 4) is 11.1 Å². The number of thioether (sulfide) groups is 1. The second-order valence-corrected chi connectivity index (χ2v) is 9.21. The molecule has 1 aliphatic rings. The third kappa shape index (κ3) is 3.75. The number of H-pyrrole nitrogens is 1. The maximum absolute atomic E-state index is 15.3. The molecule has 0 saturated carbocycles. The lowest BCUT2D eigenvalue weighted by Gasteiger charge is -2.18. The fourth-order valence-electron chi connectivity index (χ4n) is 3.51. The van der Waals surface area contributed by atoms with Crippen LogP contribution in [0.15, 0.2) is 41.4 Å². The fraction of sp³-hybridized carbons (Fsp3) is 0.263. The van der Waals surface area contributed by atoms with Gasteiger partial charge in [-0.15, -0.1) is 11.8 Å². The molecule has 1 unspecified atom stereocenters. The van der Waals surface area contributed by atoms with Crippen molar-refractivity contribution in [3.63, 3.8) is 0 Å². The van der Waals surface area contributed by atoms with E-state index in [0.29, 0.717) is 28.9 Å². The van der Waals surface area contributed by atoms with Crippen molar-refractivity contribution in [1.29, 1.82) is 0 Å². The Morgan fingerprint density at radius 3 is 2.61 bits per heavy atom. The van der Waals surface area contributed by atoms with Gasteiger partial charge in [0.1, 0.15) is 11.6 Å². The Labute approximate surface area is 165 Å². The molecule has 0 bridgehead atoms. The van der Waals surface area contributed by atoms with Crippen molar-refractivity contribution in [3.05, 3.63) is 48.2 Å². The number of anilines is 1. The van der Waals surface area contributed by atoms with Crippen LogP contribution in [0.5, 0.6) is 0 Å². The van der Waals surface area contributed by atoms with Crippen LogP contribution in [0.2, 0.25) is 0 Å². The number of hydrogen-bond acceptors (Lipinski definition) is 5. The zero-order chi connectivity index (χ0) is 19.8. The quantitative estimate of drug-likeness (QED) is 0.367. The molecule has 4 N–H and O–H groups in total. The Bertz CT molecular complexity index is 997. The van der Waals surface area contributed by atoms with Crippen LogP contribution in [-0.4, -0.2) is 44.6 Å². The number of halogens is 2. The molecule has 2 heterocycles. The summed E-state index contributed by atoms with van der Waals surface area (Å²) in [4.78, 5) is 23.6. The van der Waals surface area contributed by atoms with E-state index >= 15 is 4.39 Å². The van der Waals surface area contributed by atoms with Gasteiger partial charge in [0, 0.05) is 35.3 Å². The van der Waals surface area contributed by atoms with Crippen LogP contribution in [0, 0.1) is 11.6 Å². The lowest BCUT2D eigenvalue weighted by Crippen LogP contribution is -2.20. The summed E-state index contributed by atoms with van der Waals surface area (Å²) in [6.45, 7) is 1.30. The topological polar surface area (TPSA) is 79.7 Å². The molecule has 0 radical (unpaired) electrons. The first-order chi connectivity index (χ1) is 13.4. The summed E-state index contributed by atoms with van der Waals surface area (Å²) in [5, 5.41) is 9.92. The van der Waals surface area contributed by atoms with Crippen molar-refractivity contribution in [2.75, 3.05) is 23.5 Å². The van der Waals surface area contributed by atoms with E-state index in [4.69, 9.17) is 9.79 Å². The normalized spacial score (nSPS) is 17.2. The van der Waals surface area contributed by atoms with Gasteiger partial charge in [0.05, 0.1) is 22.7 Å². The van der Waals surface area contributed by atoms with Crippen molar-refractivity contribution in [2.45, 2.75) is 17.4 Å². The van der Waals surface area contributed by atoms with E-state index in [1.54, 1.807) is 30.5 Å². The van der Waals surface area contributed by atoms with Gasteiger partial charge in [0.15, 0.2) is 8.38 Å². The van der Waals surface area contributed by atoms with Crippen molar-refractivity contribution >= 4 is 36.7 Å². The molecule has 4 rings (SSSR count). The molecule has 1 aliphatic heterocycles. The Balaban J connectivity index is 1.70. The molecule has 28 heavy (non-hydrogen) atoms. The Morgan fingerprint density at radius 1 is 1.21 bits per heavy atom. The Hall–Kier alpha value is -1.70. The van der Waals surface area contributed by atoms with Gasteiger partial charge >= 0.3 is 0 Å². The number of fused-ring (bicyclic) bond motifs is 1. The molecule has 2 aromatic carbocycles. The molecule has 5 nitrogen and oxygen atoms in total. The van der Waals surface area contributed by atoms with Crippen LogP contribution < -0.4 is 4.90 Å². The SMILES string of the molecule is OC1CCN(c2ccc(-c3c(F)cc4[nH]cc(SCP(O)O)c4c3F)cc2)C1. The summed E-state index contributed by atoms with van der Waals surface area (Å²) in [7, 11) is -2.11. The number of aromatic amines is 1. The first-order valence-electron chi connectivity index (χ1n) is 8.74. The highest BCUT2D eigenvalue weighted by Crippen LogP contribution is 2.40. The number of aliphatic hydroxyl groups excluding tert-OH is 1. The van der Waals surface area contributed by atoms with Crippen LogP contribution in [0.1, 0.15) is 6.42 Å². The number of hydrogen-bond donors (Lipinski definition) is 4. The van der Waals surface area contributed by atoms with E-state index in [1.165, 1.54) is 6.07 Å². The predicted octanol–water partition coefficient (Wildman–Crippen LogP) is 4.03. The molecule has 1 fully saturated rings. The van der Waals surface area contributed by atoms with Gasteiger partial charge in [0.2, 0.25) is 0 Å². The van der Waals surface area contributed by atoms with E-state index in [0.717, 1.165) is 24.0 Å². The summed E-state index contributed by atoms with van der Waals surface area (Å²) >= 11 is 1.11. The summed E-state index contributed by atoms with van der Waals surface area (Å²) < 4.78 is 29.9. The Kier molecular flexibility index (Phi) is 5.58. The van der Waals surface area contributed by atoms with E-state index in [1.807, 2.05) is 4.90 Å². The van der Waals surface area contributed by atoms with E-state index in [-0.39, 0.29) is 22.5 Å². The van der Waals surface area contributed by atoms with Crippen LogP contribution in [0.4, 0.5) is 14.5 Å². The number of aliphatic hydroxyl groups is 1. The summed E-state index contributed by atoms with van der Waals surface area (Å²) in [6, 6.07) is 8.20. The number of nitrogens with one attached hydrogen (secondary N) is 1. The van der Waals surface area contributed by atoms with Crippen LogP contribution in [0.3, 0.4) is 0 Å². The minimum absolute atomic E-state index is 0.0464. The van der Waals surface area contributed by atoms with Crippen LogP contribution in [-0.2, 0) is 0 Å². The molecule has 1 saturated heterocycles. The predicted molar refractivity (Wildman–Crippen MR) is 109 cm³/mol. The lowest BCUT2D eigenvalue weighted by atomic mass is 10.0. The molecule has 9 heteroatoms. The fourth-order valence-corrected chi connectivity index (χ4v) is 5.01. The van der Waals surface area contributed by atoms with Gasteiger partial charge in [-0.25, -0.2) is 8.78 Å². The van der Waals surface area contributed by atoms with E-state index < -0.39 is 20.0 Å². The number of nitrogens with zero attached hydrogens (tertiary/aromatic N) is 1. The summed E-state index contributed by atoms with van der Waals surface area (Å²) in [5.41, 5.74) is 1.58. The number of aromatic nitrogens is 1. The molecule has 0 spiro atoms. The zero-order valence-electron chi connectivity index (χ0n) is 14.8. The average molecular weight is 424 g/mol. The first-order valence-corrected chi connectivity index (χ1v) is 11.2. The standard InChI is InChI=1S/C19H19F2N2O3PS/c20-14-7-15-18(16(8-22-15)28-10-27(25)26)19(21)17(14)11-1-3-12(4-2-11)23-6-5-13(24)9-23/h1-4,7-8,13,22,24-26H,5-6,9-10H2. The third-order valence-corrected chi connectivity index (χ3v) is 6.92. The first kappa shape index (κ1) is 19.6. The average Bonchev–Trinajstić information content (AvgIpc) is 3.27. The van der Waals surface area contributed by atoms with Gasteiger partial charge in [-0.05, 0) is 30.2 Å². The van der Waals surface area contributed by atoms with Gasteiger partial charge in [0.25, 0.3) is 0 Å². The maximum Gasteiger partial charge on any atom is 0.175 e. The minimum Gasteiger partial charge on any atom is -0.391 e. The molecule has 0 aliphatic carbocycles. The minimum atomic E-state index is -2.11. The highest BCUT2D eigenvalue weighted by Gasteiger charge is 2.22. The number of benzene rings is 2. The van der Waals surface area contributed by atoms with Crippen molar-refractivity contribution in [1.82, 2.24) is 4.98 Å². The van der Waals surface area contributed by atoms with E-state index in [2.05, 4.69) is 4.98 Å². The molecule has 1 atom stereocenters. The molecule has 3 aromatic rings. The van der Waals surface area contributed by atoms with Crippen molar-refractivity contribution < 1.29 is 23.7 Å².